The first-order valence-electron chi connectivity index (χ1n) is 6.06. The zero-order chi connectivity index (χ0) is 11.5. The Hall–Kier alpha value is -0.120. The van der Waals surface area contributed by atoms with Gasteiger partial charge in [0.25, 0.3) is 0 Å². The van der Waals surface area contributed by atoms with Crippen molar-refractivity contribution < 1.29 is 4.74 Å². The fourth-order valence-electron chi connectivity index (χ4n) is 2.51. The van der Waals surface area contributed by atoms with E-state index in [1.807, 2.05) is 0 Å². The molecule has 0 aromatic heterocycles. The second kappa shape index (κ2) is 5.28. The van der Waals surface area contributed by atoms with E-state index in [-0.39, 0.29) is 5.54 Å². The zero-order valence-electron chi connectivity index (χ0n) is 10.8. The van der Waals surface area contributed by atoms with Gasteiger partial charge in [0.05, 0.1) is 12.2 Å². The minimum Gasteiger partial charge on any atom is -0.373 e. The number of morpholine rings is 1. The molecule has 0 bridgehead atoms. The van der Waals surface area contributed by atoms with Crippen LogP contribution in [0, 0.1) is 0 Å². The number of nitrogens with zero attached hydrogens (tertiary/aromatic N) is 1. The monoisotopic (exact) mass is 214 g/mol. The Morgan fingerprint density at radius 3 is 2.27 bits per heavy atom. The Kier molecular flexibility index (Phi) is 4.56. The van der Waals surface area contributed by atoms with Crippen molar-refractivity contribution in [2.24, 2.45) is 0 Å². The number of rotatable bonds is 4. The highest BCUT2D eigenvalue weighted by molar-refractivity contribution is 4.84. The maximum absolute atomic E-state index is 5.73. The van der Waals surface area contributed by atoms with Crippen LogP contribution in [0.2, 0.25) is 0 Å². The van der Waals surface area contributed by atoms with E-state index in [1.165, 1.54) is 0 Å². The van der Waals surface area contributed by atoms with E-state index in [0.29, 0.717) is 12.2 Å². The van der Waals surface area contributed by atoms with Crippen molar-refractivity contribution >= 4 is 0 Å². The molecule has 0 aliphatic carbocycles. The number of hydrogen-bond acceptors (Lipinski definition) is 3. The van der Waals surface area contributed by atoms with Crippen LogP contribution in [-0.2, 0) is 4.74 Å². The van der Waals surface area contributed by atoms with Gasteiger partial charge in [0.15, 0.2) is 0 Å². The average molecular weight is 214 g/mol. The van der Waals surface area contributed by atoms with Crippen LogP contribution in [0.5, 0.6) is 0 Å². The van der Waals surface area contributed by atoms with Gasteiger partial charge in [0.1, 0.15) is 0 Å². The van der Waals surface area contributed by atoms with Crippen molar-refractivity contribution in [1.82, 2.24) is 10.2 Å². The molecule has 0 amide bonds. The second-order valence-electron chi connectivity index (χ2n) is 5.37. The van der Waals surface area contributed by atoms with E-state index >= 15 is 0 Å². The fraction of sp³-hybridized carbons (Fsp3) is 1.00. The molecule has 0 radical (unpaired) electrons. The largest absolute Gasteiger partial charge is 0.373 e. The van der Waals surface area contributed by atoms with Crippen LogP contribution in [0.25, 0.3) is 0 Å². The number of nitrogens with one attached hydrogen (secondary N) is 1. The third kappa shape index (κ3) is 4.49. The van der Waals surface area contributed by atoms with E-state index in [2.05, 4.69) is 44.8 Å². The first-order chi connectivity index (χ1) is 6.93. The average Bonchev–Trinajstić information content (AvgIpc) is 1.99. The van der Waals surface area contributed by atoms with Crippen molar-refractivity contribution in [3.8, 4) is 0 Å². The quantitative estimate of drug-likeness (QED) is 0.767. The van der Waals surface area contributed by atoms with Crippen molar-refractivity contribution in [1.29, 1.82) is 0 Å². The molecule has 1 rings (SSSR count). The second-order valence-corrected chi connectivity index (χ2v) is 5.37. The van der Waals surface area contributed by atoms with E-state index in [1.54, 1.807) is 0 Å². The van der Waals surface area contributed by atoms with Gasteiger partial charge in [-0.2, -0.15) is 0 Å². The molecule has 1 aliphatic rings. The lowest BCUT2D eigenvalue weighted by molar-refractivity contribution is -0.0727. The topological polar surface area (TPSA) is 24.5 Å². The summed E-state index contributed by atoms with van der Waals surface area (Å²) in [4.78, 5) is 2.50. The highest BCUT2D eigenvalue weighted by Gasteiger charge is 2.27. The molecule has 2 atom stereocenters. The molecule has 2 unspecified atom stereocenters. The molecule has 90 valence electrons. The van der Waals surface area contributed by atoms with Gasteiger partial charge in [-0.15, -0.1) is 0 Å². The van der Waals surface area contributed by atoms with E-state index in [0.717, 1.165) is 26.2 Å². The molecular weight excluding hydrogens is 188 g/mol. The number of hydrogen-bond donors (Lipinski definition) is 1. The molecule has 0 aromatic carbocycles. The van der Waals surface area contributed by atoms with Gasteiger partial charge in [-0.1, -0.05) is 6.92 Å². The van der Waals surface area contributed by atoms with Gasteiger partial charge in [0, 0.05) is 25.2 Å². The molecule has 1 saturated heterocycles. The summed E-state index contributed by atoms with van der Waals surface area (Å²) >= 11 is 0. The SMILES string of the molecule is CCNC(C)(C)CN1CC(C)OC(C)C1. The summed E-state index contributed by atoms with van der Waals surface area (Å²) < 4.78 is 5.73. The third-order valence-electron chi connectivity index (χ3n) is 2.77. The zero-order valence-corrected chi connectivity index (χ0v) is 10.8. The minimum atomic E-state index is 0.200. The van der Waals surface area contributed by atoms with Crippen LogP contribution in [0.3, 0.4) is 0 Å². The predicted molar refractivity (Wildman–Crippen MR) is 64.2 cm³/mol. The van der Waals surface area contributed by atoms with Crippen molar-refractivity contribution in [3.05, 3.63) is 0 Å². The summed E-state index contributed by atoms with van der Waals surface area (Å²) in [5, 5.41) is 3.52. The summed E-state index contributed by atoms with van der Waals surface area (Å²) in [5.41, 5.74) is 0.200. The van der Waals surface area contributed by atoms with Gasteiger partial charge >= 0.3 is 0 Å². The van der Waals surface area contributed by atoms with Gasteiger partial charge in [-0.3, -0.25) is 4.90 Å². The lowest BCUT2D eigenvalue weighted by Crippen LogP contribution is -2.54. The highest BCUT2D eigenvalue weighted by atomic mass is 16.5. The molecule has 0 spiro atoms. The summed E-state index contributed by atoms with van der Waals surface area (Å²) in [6.07, 6.45) is 0.734. The van der Waals surface area contributed by atoms with Crippen LogP contribution in [0.1, 0.15) is 34.6 Å². The van der Waals surface area contributed by atoms with E-state index in [9.17, 15) is 0 Å². The normalized spacial score (nSPS) is 29.4. The van der Waals surface area contributed by atoms with Crippen molar-refractivity contribution in [3.63, 3.8) is 0 Å². The molecule has 1 aliphatic heterocycles. The molecule has 3 heteroatoms. The van der Waals surface area contributed by atoms with Crippen LogP contribution in [0.15, 0.2) is 0 Å². The number of ether oxygens (including phenoxy) is 1. The molecule has 0 saturated carbocycles. The van der Waals surface area contributed by atoms with Gasteiger partial charge in [0.2, 0.25) is 0 Å². The molecule has 1 heterocycles. The van der Waals surface area contributed by atoms with Crippen LogP contribution in [0.4, 0.5) is 0 Å². The molecule has 0 aromatic rings. The lowest BCUT2D eigenvalue weighted by atomic mass is 10.0. The van der Waals surface area contributed by atoms with Crippen LogP contribution in [-0.4, -0.2) is 48.8 Å². The standard InChI is InChI=1S/C12H26N2O/c1-6-13-12(4,5)9-14-7-10(2)15-11(3)8-14/h10-11,13H,6-9H2,1-5H3. The van der Waals surface area contributed by atoms with Gasteiger partial charge in [-0.25, -0.2) is 0 Å². The maximum atomic E-state index is 5.73. The Bertz CT molecular complexity index is 184. The van der Waals surface area contributed by atoms with E-state index in [4.69, 9.17) is 4.74 Å². The minimum absolute atomic E-state index is 0.200. The smallest absolute Gasteiger partial charge is 0.0678 e. The molecule has 1 fully saturated rings. The lowest BCUT2D eigenvalue weighted by Gasteiger charge is -2.40. The Morgan fingerprint density at radius 1 is 1.27 bits per heavy atom. The highest BCUT2D eigenvalue weighted by Crippen LogP contribution is 2.14. The van der Waals surface area contributed by atoms with Gasteiger partial charge < -0.3 is 10.1 Å². The summed E-state index contributed by atoms with van der Waals surface area (Å²) in [7, 11) is 0. The Labute approximate surface area is 94.2 Å². The summed E-state index contributed by atoms with van der Waals surface area (Å²) in [5.74, 6) is 0. The molecule has 15 heavy (non-hydrogen) atoms. The summed E-state index contributed by atoms with van der Waals surface area (Å²) in [6.45, 7) is 15.2. The van der Waals surface area contributed by atoms with Crippen LogP contribution >= 0.6 is 0 Å². The molecule has 3 nitrogen and oxygen atoms in total. The fourth-order valence-corrected chi connectivity index (χ4v) is 2.51. The van der Waals surface area contributed by atoms with Crippen molar-refractivity contribution in [2.45, 2.75) is 52.4 Å². The summed E-state index contributed by atoms with van der Waals surface area (Å²) in [6, 6.07) is 0. The maximum Gasteiger partial charge on any atom is 0.0678 e. The first-order valence-corrected chi connectivity index (χ1v) is 6.06. The van der Waals surface area contributed by atoms with Crippen molar-refractivity contribution in [2.75, 3.05) is 26.2 Å². The van der Waals surface area contributed by atoms with E-state index < -0.39 is 0 Å². The molecular formula is C12H26N2O. The number of likely N-dealkylation sites (N-methyl/N-ethyl adjacent to an activating group) is 1. The Morgan fingerprint density at radius 2 is 1.80 bits per heavy atom. The van der Waals surface area contributed by atoms with Gasteiger partial charge in [-0.05, 0) is 34.2 Å². The Balaban J connectivity index is 2.43. The predicted octanol–water partition coefficient (Wildman–Crippen LogP) is 1.48. The third-order valence-corrected chi connectivity index (χ3v) is 2.77. The van der Waals surface area contributed by atoms with Crippen LogP contribution < -0.4 is 5.32 Å². The first kappa shape index (κ1) is 12.9. The molecule has 1 N–H and O–H groups in total.